The second-order valence-electron chi connectivity index (χ2n) is 5.20. The Labute approximate surface area is 109 Å². The minimum Gasteiger partial charge on any atom is -0.344 e. The third-order valence-corrected chi connectivity index (χ3v) is 4.12. The van der Waals surface area contributed by atoms with Gasteiger partial charge in [0.2, 0.25) is 0 Å². The maximum absolute atomic E-state index is 2.34. The summed E-state index contributed by atoms with van der Waals surface area (Å²) in [6, 6.07) is 13.2. The van der Waals surface area contributed by atoms with Crippen LogP contribution in [0, 0.1) is 13.8 Å². The van der Waals surface area contributed by atoms with Gasteiger partial charge in [-0.05, 0) is 61.1 Å². The average Bonchev–Trinajstić information content (AvgIpc) is 2.51. The molecule has 1 aliphatic rings. The summed E-state index contributed by atoms with van der Waals surface area (Å²) < 4.78 is 0. The van der Waals surface area contributed by atoms with Crippen LogP contribution in [0.2, 0.25) is 0 Å². The first-order valence-electron chi connectivity index (χ1n) is 6.59. The summed E-state index contributed by atoms with van der Waals surface area (Å²) in [5.74, 6) is 0. The largest absolute Gasteiger partial charge is 0.344 e. The van der Waals surface area contributed by atoms with Crippen LogP contribution in [0.25, 0.3) is 0 Å². The van der Waals surface area contributed by atoms with Crippen LogP contribution in [-0.2, 0) is 12.8 Å². The fourth-order valence-corrected chi connectivity index (χ4v) is 3.03. The van der Waals surface area contributed by atoms with Gasteiger partial charge in [0.05, 0.1) is 0 Å². The minimum absolute atomic E-state index is 1.14. The Morgan fingerprint density at radius 2 is 1.22 bits per heavy atom. The van der Waals surface area contributed by atoms with Crippen molar-refractivity contribution in [2.75, 3.05) is 11.9 Å². The summed E-state index contributed by atoms with van der Waals surface area (Å²) in [5, 5.41) is 0. The molecule has 0 radical (unpaired) electrons. The van der Waals surface area contributed by atoms with Gasteiger partial charge in [-0.2, -0.15) is 0 Å². The molecule has 0 N–H and O–H groups in total. The fraction of sp³-hybridized carbons (Fsp3) is 0.294. The first-order valence-corrected chi connectivity index (χ1v) is 6.59. The van der Waals surface area contributed by atoms with Crippen molar-refractivity contribution < 1.29 is 0 Å². The zero-order chi connectivity index (χ0) is 12.7. The lowest BCUT2D eigenvalue weighted by molar-refractivity contribution is 0.956. The first-order chi connectivity index (χ1) is 8.68. The number of benzene rings is 2. The predicted octanol–water partition coefficient (Wildman–Crippen LogP) is 4.17. The van der Waals surface area contributed by atoms with Gasteiger partial charge in [0.1, 0.15) is 0 Å². The highest BCUT2D eigenvalue weighted by molar-refractivity contribution is 5.72. The van der Waals surface area contributed by atoms with E-state index in [2.05, 4.69) is 62.2 Å². The van der Waals surface area contributed by atoms with Crippen LogP contribution in [0.3, 0.4) is 0 Å². The summed E-state index contributed by atoms with van der Waals surface area (Å²) in [7, 11) is 2.18. The zero-order valence-corrected chi connectivity index (χ0v) is 11.3. The predicted molar refractivity (Wildman–Crippen MR) is 77.8 cm³/mol. The molecule has 2 aromatic rings. The Morgan fingerprint density at radius 3 is 1.67 bits per heavy atom. The molecular weight excluding hydrogens is 218 g/mol. The van der Waals surface area contributed by atoms with E-state index in [9.17, 15) is 0 Å². The van der Waals surface area contributed by atoms with E-state index >= 15 is 0 Å². The van der Waals surface area contributed by atoms with Gasteiger partial charge >= 0.3 is 0 Å². The SMILES string of the molecule is Cc1cccc2c1CCc1c(C)cccc1N2C. The van der Waals surface area contributed by atoms with Crippen molar-refractivity contribution in [2.45, 2.75) is 26.7 Å². The van der Waals surface area contributed by atoms with Gasteiger partial charge in [0.25, 0.3) is 0 Å². The zero-order valence-electron chi connectivity index (χ0n) is 11.3. The van der Waals surface area contributed by atoms with Gasteiger partial charge < -0.3 is 4.90 Å². The van der Waals surface area contributed by atoms with Crippen LogP contribution >= 0.6 is 0 Å². The van der Waals surface area contributed by atoms with Crippen LogP contribution in [0.15, 0.2) is 36.4 Å². The van der Waals surface area contributed by atoms with Gasteiger partial charge in [-0.25, -0.2) is 0 Å². The topological polar surface area (TPSA) is 3.24 Å². The molecular formula is C17H19N. The van der Waals surface area contributed by atoms with Crippen molar-refractivity contribution in [3.63, 3.8) is 0 Å². The Kier molecular flexibility index (Phi) is 2.62. The molecule has 92 valence electrons. The molecule has 0 saturated heterocycles. The monoisotopic (exact) mass is 237 g/mol. The van der Waals surface area contributed by atoms with E-state index in [-0.39, 0.29) is 0 Å². The van der Waals surface area contributed by atoms with Crippen LogP contribution in [0.1, 0.15) is 22.3 Å². The number of hydrogen-bond donors (Lipinski definition) is 0. The Hall–Kier alpha value is -1.76. The quantitative estimate of drug-likeness (QED) is 0.664. The third kappa shape index (κ3) is 1.62. The molecule has 0 saturated carbocycles. The maximum Gasteiger partial charge on any atom is 0.0443 e. The highest BCUT2D eigenvalue weighted by Crippen LogP contribution is 2.37. The third-order valence-electron chi connectivity index (χ3n) is 4.12. The molecule has 1 heterocycles. The van der Waals surface area contributed by atoms with E-state index in [1.807, 2.05) is 0 Å². The number of nitrogens with zero attached hydrogens (tertiary/aromatic N) is 1. The fourth-order valence-electron chi connectivity index (χ4n) is 3.03. The van der Waals surface area contributed by atoms with Crippen molar-refractivity contribution in [2.24, 2.45) is 0 Å². The summed E-state index contributed by atoms with van der Waals surface area (Å²) in [5.41, 5.74) is 8.53. The molecule has 3 rings (SSSR count). The molecule has 1 nitrogen and oxygen atoms in total. The Bertz CT molecular complexity index is 545. The van der Waals surface area contributed by atoms with E-state index in [1.54, 1.807) is 0 Å². The Balaban J connectivity index is 2.22. The number of anilines is 2. The van der Waals surface area contributed by atoms with E-state index in [4.69, 9.17) is 0 Å². The molecule has 1 heteroatoms. The van der Waals surface area contributed by atoms with Crippen LogP contribution in [-0.4, -0.2) is 7.05 Å². The van der Waals surface area contributed by atoms with Crippen molar-refractivity contribution in [1.29, 1.82) is 0 Å². The lowest BCUT2D eigenvalue weighted by atomic mass is 9.98. The molecule has 0 unspecified atom stereocenters. The average molecular weight is 237 g/mol. The van der Waals surface area contributed by atoms with E-state index in [0.717, 1.165) is 12.8 Å². The van der Waals surface area contributed by atoms with Gasteiger partial charge in [-0.1, -0.05) is 24.3 Å². The van der Waals surface area contributed by atoms with Gasteiger partial charge in [0.15, 0.2) is 0 Å². The maximum atomic E-state index is 2.34. The molecule has 0 aromatic heterocycles. The molecule has 0 amide bonds. The highest BCUT2D eigenvalue weighted by atomic mass is 15.1. The Morgan fingerprint density at radius 1 is 0.778 bits per heavy atom. The summed E-state index contributed by atoms with van der Waals surface area (Å²) >= 11 is 0. The molecule has 0 aliphatic carbocycles. The van der Waals surface area contributed by atoms with Crippen molar-refractivity contribution in [3.05, 3.63) is 58.7 Å². The van der Waals surface area contributed by atoms with Crippen LogP contribution in [0.5, 0.6) is 0 Å². The molecule has 2 aromatic carbocycles. The molecule has 0 fully saturated rings. The van der Waals surface area contributed by atoms with E-state index < -0.39 is 0 Å². The van der Waals surface area contributed by atoms with Crippen molar-refractivity contribution >= 4 is 11.4 Å². The summed E-state index contributed by atoms with van der Waals surface area (Å²) in [4.78, 5) is 2.34. The summed E-state index contributed by atoms with van der Waals surface area (Å²) in [6.45, 7) is 4.44. The number of fused-ring (bicyclic) bond motifs is 2. The lowest BCUT2D eigenvalue weighted by Gasteiger charge is -2.23. The van der Waals surface area contributed by atoms with Crippen molar-refractivity contribution in [3.8, 4) is 0 Å². The first kappa shape index (κ1) is 11.3. The van der Waals surface area contributed by atoms with E-state index in [1.165, 1.54) is 33.6 Å². The minimum atomic E-state index is 1.14. The normalized spacial score (nSPS) is 13.8. The molecule has 18 heavy (non-hydrogen) atoms. The van der Waals surface area contributed by atoms with Gasteiger partial charge in [0, 0.05) is 18.4 Å². The van der Waals surface area contributed by atoms with E-state index in [0.29, 0.717) is 0 Å². The van der Waals surface area contributed by atoms with Crippen molar-refractivity contribution in [1.82, 2.24) is 0 Å². The molecule has 0 bridgehead atoms. The second kappa shape index (κ2) is 4.16. The smallest absolute Gasteiger partial charge is 0.0443 e. The molecule has 1 aliphatic heterocycles. The molecule has 0 spiro atoms. The number of hydrogen-bond acceptors (Lipinski definition) is 1. The van der Waals surface area contributed by atoms with Gasteiger partial charge in [-0.15, -0.1) is 0 Å². The van der Waals surface area contributed by atoms with Crippen LogP contribution in [0.4, 0.5) is 11.4 Å². The number of aryl methyl sites for hydroxylation is 2. The van der Waals surface area contributed by atoms with Crippen LogP contribution < -0.4 is 4.90 Å². The highest BCUT2D eigenvalue weighted by Gasteiger charge is 2.19. The lowest BCUT2D eigenvalue weighted by Crippen LogP contribution is -2.11. The number of rotatable bonds is 0. The second-order valence-corrected chi connectivity index (χ2v) is 5.20. The molecule has 0 atom stereocenters. The summed E-state index contributed by atoms with van der Waals surface area (Å²) in [6.07, 6.45) is 2.29. The standard InChI is InChI=1S/C17H19N/c1-12-6-4-8-16-14(12)10-11-15-13(2)7-5-9-17(15)18(16)3/h4-9H,10-11H2,1-3H3. The van der Waals surface area contributed by atoms with Gasteiger partial charge in [-0.3, -0.25) is 0 Å².